The lowest BCUT2D eigenvalue weighted by Crippen LogP contribution is -2.16. The van der Waals surface area contributed by atoms with Crippen LogP contribution in [0.4, 0.5) is 34.1 Å². The van der Waals surface area contributed by atoms with Gasteiger partial charge in [-0.1, -0.05) is 265 Å². The molecule has 1 unspecified atom stereocenters. The predicted octanol–water partition coefficient (Wildman–Crippen LogP) is 28.9. The minimum Gasteiger partial charge on any atom is -0.310 e. The minimum absolute atomic E-state index is 0.157. The Balaban J connectivity index is 0.691. The van der Waals surface area contributed by atoms with E-state index in [9.17, 15) is 0 Å². The number of rotatable bonds is 15. The van der Waals surface area contributed by atoms with Gasteiger partial charge in [0.15, 0.2) is 0 Å². The smallest absolute Gasteiger partial charge is 0.0541 e. The highest BCUT2D eigenvalue weighted by atomic mass is 15.2. The molecule has 0 saturated carbocycles. The third-order valence-corrected chi connectivity index (χ3v) is 24.0. The molecule has 1 atom stereocenters. The van der Waals surface area contributed by atoms with Crippen LogP contribution < -0.4 is 9.80 Å². The maximum absolute atomic E-state index is 4.02. The fourth-order valence-corrected chi connectivity index (χ4v) is 18.2. The first-order chi connectivity index (χ1) is 53.9. The molecule has 0 radical (unpaired) electrons. The summed E-state index contributed by atoms with van der Waals surface area (Å²) in [5, 5.41) is 4.78. The van der Waals surface area contributed by atoms with Crippen LogP contribution >= 0.6 is 0 Å². The van der Waals surface area contributed by atoms with Crippen molar-refractivity contribution >= 4 is 83.8 Å². The number of hydrogen-bond donors (Lipinski definition) is 0. The van der Waals surface area contributed by atoms with Crippen LogP contribution in [-0.2, 0) is 10.8 Å². The number of allylic oxidation sites excluding steroid dienone is 5. The van der Waals surface area contributed by atoms with E-state index in [1.165, 1.54) is 105 Å². The largest absolute Gasteiger partial charge is 0.310 e. The monoisotopic (exact) mass is 1410 g/mol. The molecule has 4 nitrogen and oxygen atoms in total. The Bertz CT molecular complexity index is 6600. The number of nitrogens with zero attached hydrogens (tertiary/aromatic N) is 4. The van der Waals surface area contributed by atoms with Gasteiger partial charge in [-0.15, -0.1) is 0 Å². The van der Waals surface area contributed by atoms with Gasteiger partial charge in [-0.05, 0) is 258 Å². The van der Waals surface area contributed by atoms with Crippen LogP contribution in [0.1, 0.15) is 73.4 Å². The van der Waals surface area contributed by atoms with Crippen LogP contribution in [0.2, 0.25) is 0 Å². The van der Waals surface area contributed by atoms with Crippen molar-refractivity contribution in [2.75, 3.05) is 9.80 Å². The van der Waals surface area contributed by atoms with Crippen LogP contribution in [0.15, 0.2) is 383 Å². The predicted molar refractivity (Wildman–Crippen MR) is 466 cm³/mol. The fraction of sp³-hybridized carbons (Fsp3) is 0.0755. The minimum atomic E-state index is -0.164. The Morgan fingerprint density at radius 3 is 1.04 bits per heavy atom. The van der Waals surface area contributed by atoms with Crippen LogP contribution in [0.3, 0.4) is 0 Å². The van der Waals surface area contributed by atoms with Gasteiger partial charge in [0.2, 0.25) is 0 Å². The number of anilines is 6. The van der Waals surface area contributed by atoms with E-state index in [-0.39, 0.29) is 10.8 Å². The molecule has 0 bridgehead atoms. The zero-order valence-corrected chi connectivity index (χ0v) is 62.2. The van der Waals surface area contributed by atoms with Crippen molar-refractivity contribution in [2.24, 2.45) is 0 Å². The lowest BCUT2D eigenvalue weighted by atomic mass is 9.82. The van der Waals surface area contributed by atoms with Gasteiger partial charge in [0.25, 0.3) is 0 Å². The van der Waals surface area contributed by atoms with Crippen molar-refractivity contribution in [2.45, 2.75) is 50.9 Å². The first-order valence-electron chi connectivity index (χ1n) is 38.4. The van der Waals surface area contributed by atoms with Gasteiger partial charge in [-0.25, -0.2) is 0 Å². The Kier molecular flexibility index (Phi) is 15.7. The van der Waals surface area contributed by atoms with Gasteiger partial charge >= 0.3 is 0 Å². The molecule has 17 aromatic rings. The zero-order chi connectivity index (χ0) is 73.9. The lowest BCUT2D eigenvalue weighted by Gasteiger charge is -2.28. The molecule has 0 N–H and O–H groups in total. The molecule has 3 aliphatic rings. The fourth-order valence-electron chi connectivity index (χ4n) is 18.2. The maximum atomic E-state index is 4.02. The maximum Gasteiger partial charge on any atom is 0.0541 e. The Labute approximate surface area is 643 Å². The zero-order valence-electron chi connectivity index (χ0n) is 62.2. The van der Waals surface area contributed by atoms with E-state index in [0.29, 0.717) is 5.92 Å². The highest BCUT2D eigenvalue weighted by Crippen LogP contribution is 2.54. The van der Waals surface area contributed by atoms with Gasteiger partial charge < -0.3 is 18.9 Å². The molecule has 0 aliphatic heterocycles. The second-order valence-electron chi connectivity index (χ2n) is 30.9. The molecule has 15 aromatic carbocycles. The summed E-state index contributed by atoms with van der Waals surface area (Å²) >= 11 is 0. The Morgan fingerprint density at radius 1 is 0.309 bits per heavy atom. The van der Waals surface area contributed by atoms with E-state index in [0.717, 1.165) is 96.2 Å². The van der Waals surface area contributed by atoms with Gasteiger partial charge in [-0.2, -0.15) is 0 Å². The second-order valence-corrected chi connectivity index (χ2v) is 30.9. The summed E-state index contributed by atoms with van der Waals surface area (Å²) in [6.45, 7) is 17.5. The topological polar surface area (TPSA) is 16.3 Å². The average Bonchev–Trinajstić information content (AvgIpc) is 1.59. The average molecular weight is 1410 g/mol. The highest BCUT2D eigenvalue weighted by Gasteiger charge is 2.38. The second kappa shape index (κ2) is 26.2. The molecule has 110 heavy (non-hydrogen) atoms. The van der Waals surface area contributed by atoms with Crippen molar-refractivity contribution in [1.82, 2.24) is 9.13 Å². The molecule has 0 spiro atoms. The van der Waals surface area contributed by atoms with E-state index in [4.69, 9.17) is 0 Å². The molecule has 0 fully saturated rings. The molecule has 2 aromatic heterocycles. The summed E-state index contributed by atoms with van der Waals surface area (Å²) in [6, 6.07) is 127. The Hall–Kier alpha value is -13.5. The number of aromatic nitrogens is 2. The Morgan fingerprint density at radius 2 is 0.645 bits per heavy atom. The molecular formula is C106H80N4. The quantitative estimate of drug-likeness (QED) is 0.102. The normalized spacial score (nSPS) is 14.3. The molecule has 0 saturated heterocycles. The van der Waals surface area contributed by atoms with Gasteiger partial charge in [0.05, 0.1) is 22.1 Å². The van der Waals surface area contributed by atoms with Crippen molar-refractivity contribution < 1.29 is 0 Å². The first kappa shape index (κ1) is 65.9. The molecular weight excluding hydrogens is 1330 g/mol. The van der Waals surface area contributed by atoms with E-state index in [1.54, 1.807) is 0 Å². The number of hydrogen-bond acceptors (Lipinski definition) is 2. The van der Waals surface area contributed by atoms with Crippen molar-refractivity contribution in [3.8, 4) is 78.1 Å². The summed E-state index contributed by atoms with van der Waals surface area (Å²) in [4.78, 5) is 4.86. The molecule has 4 heteroatoms. The van der Waals surface area contributed by atoms with Crippen LogP contribution in [0.25, 0.3) is 128 Å². The summed E-state index contributed by atoms with van der Waals surface area (Å²) < 4.78 is 4.92. The van der Waals surface area contributed by atoms with Gasteiger partial charge in [0, 0.05) is 83.8 Å². The molecule has 0 amide bonds. The van der Waals surface area contributed by atoms with E-state index >= 15 is 0 Å². The van der Waals surface area contributed by atoms with Gasteiger partial charge in [-0.3, -0.25) is 0 Å². The molecule has 3 aliphatic carbocycles. The number of fused-ring (bicyclic) bond motifs is 12. The standard InChI is InChI=1S/C106H80N4/c1-7-69-27-31-73(32-28-69)75-35-43-81(44-36-75)107(87-55-57-91-89-23-15-17-25-97(89)105(3,4)99(91)67-87)83-47-51-85(52-48-83)109-101-59-39-77(71-19-11-9-12-20-71)63-93(101)95-65-79(41-61-103(95)109)80-42-62-104-96(66-80)94-64-78(72-21-13-10-14-22-72)40-60-102(94)110(104)86-53-49-84(50-54-86)108(82-45-37-76(38-46-82)74-33-29-70(8-2)30-34-74)88-56-58-92-90-24-16-18-26-98(90)106(5,6)100(92)68-88/h7-33,35-68,74H,1-2,34H2,3-6H3. The van der Waals surface area contributed by atoms with E-state index in [2.05, 4.69) is 418 Å². The van der Waals surface area contributed by atoms with Crippen LogP contribution in [0.5, 0.6) is 0 Å². The molecule has 524 valence electrons. The molecule has 2 heterocycles. The van der Waals surface area contributed by atoms with Crippen molar-refractivity contribution in [3.63, 3.8) is 0 Å². The lowest BCUT2D eigenvalue weighted by molar-refractivity contribution is 0.660. The third-order valence-electron chi connectivity index (χ3n) is 24.0. The first-order valence-corrected chi connectivity index (χ1v) is 38.4. The SMILES string of the molecule is C=CC1=CCC(c2ccc(N(c3ccc(-n4c5ccc(-c6ccccc6)cc5c5cc(-c6ccc7c(c6)c6cc(-c8ccccc8)ccc6n7-c6ccc(N(c7ccc(-c8ccc(C=C)cc8)cc7)c7ccc8c(c7)C(C)(C)c7ccccc7-8)cc6)ccc54)cc3)c3ccc4c(c3)C(C)(C)c3ccccc3-4)cc2)C=C1. The molecule has 20 rings (SSSR count). The van der Waals surface area contributed by atoms with Crippen LogP contribution in [0, 0.1) is 0 Å². The third kappa shape index (κ3) is 11.0. The van der Waals surface area contributed by atoms with Gasteiger partial charge in [0.1, 0.15) is 0 Å². The van der Waals surface area contributed by atoms with Crippen LogP contribution in [-0.4, -0.2) is 9.13 Å². The van der Waals surface area contributed by atoms with Crippen molar-refractivity contribution in [3.05, 3.63) is 416 Å². The summed E-state index contributed by atoms with van der Waals surface area (Å²) in [5.74, 6) is 0.311. The van der Waals surface area contributed by atoms with E-state index < -0.39 is 0 Å². The summed E-state index contributed by atoms with van der Waals surface area (Å²) in [6.07, 6.45) is 11.6. The van der Waals surface area contributed by atoms with E-state index in [1.807, 2.05) is 12.2 Å². The van der Waals surface area contributed by atoms with Crippen molar-refractivity contribution in [1.29, 1.82) is 0 Å². The summed E-state index contributed by atoms with van der Waals surface area (Å²) in [7, 11) is 0. The number of benzene rings is 15. The summed E-state index contributed by atoms with van der Waals surface area (Å²) in [5.41, 5.74) is 36.6. The highest BCUT2D eigenvalue weighted by molar-refractivity contribution is 6.14.